The number of likely N-dealkylation sites (tertiary alicyclic amines) is 1. The lowest BCUT2D eigenvalue weighted by Crippen LogP contribution is -2.38. The first-order chi connectivity index (χ1) is 22.8. The van der Waals surface area contributed by atoms with Gasteiger partial charge in [-0.2, -0.15) is 13.2 Å². The molecule has 9 heteroatoms. The summed E-state index contributed by atoms with van der Waals surface area (Å²) in [4.78, 5) is 29.2. The van der Waals surface area contributed by atoms with Crippen LogP contribution in [0.4, 0.5) is 13.2 Å². The second-order valence-corrected chi connectivity index (χ2v) is 12.1. The smallest absolute Gasteiger partial charge is 0.405 e. The van der Waals surface area contributed by atoms with Gasteiger partial charge < -0.3 is 15.4 Å². The van der Waals surface area contributed by atoms with E-state index in [2.05, 4.69) is 15.5 Å². The summed E-state index contributed by atoms with van der Waals surface area (Å²) < 4.78 is 45.4. The van der Waals surface area contributed by atoms with E-state index in [4.69, 9.17) is 4.74 Å². The average Bonchev–Trinajstić information content (AvgIpc) is 3.43. The van der Waals surface area contributed by atoms with Gasteiger partial charge in [0, 0.05) is 12.6 Å². The van der Waals surface area contributed by atoms with Crippen LogP contribution in [0, 0.1) is 0 Å². The van der Waals surface area contributed by atoms with Crippen molar-refractivity contribution in [3.8, 4) is 22.6 Å². The normalized spacial score (nSPS) is 16.5. The molecule has 1 fully saturated rings. The van der Waals surface area contributed by atoms with E-state index < -0.39 is 24.5 Å². The van der Waals surface area contributed by atoms with Crippen LogP contribution in [0.15, 0.2) is 97.1 Å². The van der Waals surface area contributed by atoms with Crippen LogP contribution in [0.2, 0.25) is 0 Å². The van der Waals surface area contributed by atoms with Crippen molar-refractivity contribution >= 4 is 11.8 Å². The van der Waals surface area contributed by atoms with Gasteiger partial charge in [-0.25, -0.2) is 0 Å². The van der Waals surface area contributed by atoms with Crippen LogP contribution in [0.5, 0.6) is 11.5 Å². The van der Waals surface area contributed by atoms with Crippen molar-refractivity contribution in [1.29, 1.82) is 0 Å². The molecule has 1 aliphatic heterocycles. The van der Waals surface area contributed by atoms with Crippen LogP contribution in [0.1, 0.15) is 71.1 Å². The predicted octanol–water partition coefficient (Wildman–Crippen LogP) is 8.01. The minimum atomic E-state index is -4.51. The van der Waals surface area contributed by atoms with Gasteiger partial charge in [0.15, 0.2) is 0 Å². The van der Waals surface area contributed by atoms with E-state index in [1.165, 1.54) is 0 Å². The molecule has 6 nitrogen and oxygen atoms in total. The molecule has 2 aliphatic rings. The fourth-order valence-electron chi connectivity index (χ4n) is 6.86. The van der Waals surface area contributed by atoms with Gasteiger partial charge in [0.05, 0.1) is 11.5 Å². The number of amides is 2. The van der Waals surface area contributed by atoms with E-state index in [9.17, 15) is 22.8 Å². The molecule has 244 valence electrons. The van der Waals surface area contributed by atoms with E-state index in [-0.39, 0.29) is 11.9 Å². The maximum atomic E-state index is 13.5. The SMILES string of the molecule is O=C(NCCCC(c1cccc2c1C(C(=O)NCC(F)(F)F)c1ccccc1-2)N1CCCCC1)c1ccccc1Oc1ccccc1. The van der Waals surface area contributed by atoms with Gasteiger partial charge in [-0.15, -0.1) is 0 Å². The number of carbonyl (C=O) groups excluding carboxylic acids is 2. The molecule has 47 heavy (non-hydrogen) atoms. The second-order valence-electron chi connectivity index (χ2n) is 12.1. The Morgan fingerprint density at radius 1 is 0.809 bits per heavy atom. The average molecular weight is 642 g/mol. The standard InChI is InChI=1S/C38H38F3N3O3/c39-38(40,41)25-43-37(46)35-29-16-6-5-15-27(29)28-18-11-19-30(34(28)35)32(44-23-9-2-10-24-44)20-12-22-42-36(45)31-17-7-8-21-33(31)47-26-13-3-1-4-14-26/h1,3-8,11,13-19,21,32,35H,2,9-10,12,20,22-25H2,(H,42,45)(H,43,46). The highest BCUT2D eigenvalue weighted by molar-refractivity contribution is 5.97. The maximum Gasteiger partial charge on any atom is 0.405 e. The number of rotatable bonds is 11. The van der Waals surface area contributed by atoms with Gasteiger partial charge in [-0.1, -0.05) is 79.2 Å². The Hall–Kier alpha value is -4.63. The van der Waals surface area contributed by atoms with Crippen LogP contribution < -0.4 is 15.4 Å². The summed E-state index contributed by atoms with van der Waals surface area (Å²) in [5, 5.41) is 5.21. The number of hydrogen-bond acceptors (Lipinski definition) is 4. The molecule has 2 N–H and O–H groups in total. The molecule has 4 aromatic carbocycles. The van der Waals surface area contributed by atoms with Crippen LogP contribution in [0.25, 0.3) is 11.1 Å². The summed E-state index contributed by atoms with van der Waals surface area (Å²) >= 11 is 0. The number of hydrogen-bond donors (Lipinski definition) is 2. The molecule has 0 radical (unpaired) electrons. The molecule has 1 aliphatic carbocycles. The third-order valence-corrected chi connectivity index (χ3v) is 8.95. The lowest BCUT2D eigenvalue weighted by molar-refractivity contribution is -0.138. The van der Waals surface area contributed by atoms with Crippen molar-refractivity contribution in [2.24, 2.45) is 0 Å². The topological polar surface area (TPSA) is 70.7 Å². The number of halogens is 3. The molecule has 0 spiro atoms. The van der Waals surface area contributed by atoms with Crippen molar-refractivity contribution < 1.29 is 27.5 Å². The molecule has 0 bridgehead atoms. The Morgan fingerprint density at radius 2 is 1.51 bits per heavy atom. The van der Waals surface area contributed by atoms with Crippen molar-refractivity contribution in [2.45, 2.75) is 50.2 Å². The number of fused-ring (bicyclic) bond motifs is 3. The van der Waals surface area contributed by atoms with Crippen molar-refractivity contribution in [1.82, 2.24) is 15.5 Å². The first-order valence-corrected chi connectivity index (χ1v) is 16.2. The summed E-state index contributed by atoms with van der Waals surface area (Å²) in [6.07, 6.45) is 0.101. The highest BCUT2D eigenvalue weighted by atomic mass is 19.4. The zero-order valence-electron chi connectivity index (χ0n) is 26.1. The Morgan fingerprint density at radius 3 is 2.30 bits per heavy atom. The van der Waals surface area contributed by atoms with Crippen molar-refractivity contribution in [2.75, 3.05) is 26.2 Å². The Kier molecular flexibility index (Phi) is 9.92. The van der Waals surface area contributed by atoms with Gasteiger partial charge >= 0.3 is 6.18 Å². The predicted molar refractivity (Wildman–Crippen MR) is 175 cm³/mol. The third-order valence-electron chi connectivity index (χ3n) is 8.95. The molecule has 2 amide bonds. The molecular weight excluding hydrogens is 603 g/mol. The number of alkyl halides is 3. The van der Waals surface area contributed by atoms with Gasteiger partial charge in [0.1, 0.15) is 18.0 Å². The molecule has 1 heterocycles. The molecule has 0 aromatic heterocycles. The van der Waals surface area contributed by atoms with Crippen molar-refractivity contribution in [3.63, 3.8) is 0 Å². The highest BCUT2D eigenvalue weighted by Gasteiger charge is 2.39. The van der Waals surface area contributed by atoms with Crippen LogP contribution in [-0.4, -0.2) is 49.1 Å². The van der Waals surface area contributed by atoms with Gasteiger partial charge in [-0.3, -0.25) is 14.5 Å². The zero-order chi connectivity index (χ0) is 32.8. The molecule has 6 rings (SSSR count). The van der Waals surface area contributed by atoms with Crippen molar-refractivity contribution in [3.05, 3.63) is 119 Å². The number of ether oxygens (including phenoxy) is 1. The first-order valence-electron chi connectivity index (χ1n) is 16.2. The molecule has 0 saturated carbocycles. The van der Waals surface area contributed by atoms with E-state index in [1.54, 1.807) is 18.2 Å². The molecule has 2 atom stereocenters. The number of benzene rings is 4. The van der Waals surface area contributed by atoms with Crippen LogP contribution in [-0.2, 0) is 4.79 Å². The Bertz CT molecular complexity index is 1700. The number of para-hydroxylation sites is 2. The van der Waals surface area contributed by atoms with E-state index in [1.807, 2.05) is 78.9 Å². The van der Waals surface area contributed by atoms with Gasteiger partial charge in [-0.05, 0) is 90.9 Å². The molecule has 2 unspecified atom stereocenters. The van der Waals surface area contributed by atoms with E-state index in [0.717, 1.165) is 60.2 Å². The zero-order valence-corrected chi connectivity index (χ0v) is 26.1. The Balaban J connectivity index is 1.22. The van der Waals surface area contributed by atoms with Gasteiger partial charge in [0.25, 0.3) is 5.91 Å². The minimum absolute atomic E-state index is 0.0666. The van der Waals surface area contributed by atoms with Crippen LogP contribution in [0.3, 0.4) is 0 Å². The monoisotopic (exact) mass is 641 g/mol. The lowest BCUT2D eigenvalue weighted by atomic mass is 9.86. The largest absolute Gasteiger partial charge is 0.457 e. The summed E-state index contributed by atoms with van der Waals surface area (Å²) in [7, 11) is 0. The molecular formula is C38H38F3N3O3. The maximum absolute atomic E-state index is 13.5. The third kappa shape index (κ3) is 7.52. The number of carbonyl (C=O) groups is 2. The number of nitrogens with one attached hydrogen (secondary N) is 2. The minimum Gasteiger partial charge on any atom is -0.457 e. The second kappa shape index (κ2) is 14.4. The summed E-state index contributed by atoms with van der Waals surface area (Å²) in [6, 6.07) is 29.8. The number of nitrogens with zero attached hydrogens (tertiary/aromatic N) is 1. The quantitative estimate of drug-likeness (QED) is 0.163. The van der Waals surface area contributed by atoms with Crippen LogP contribution >= 0.6 is 0 Å². The molecule has 1 saturated heterocycles. The summed E-state index contributed by atoms with van der Waals surface area (Å²) in [5.41, 5.74) is 4.65. The lowest BCUT2D eigenvalue weighted by Gasteiger charge is -2.36. The Labute approximate surface area is 272 Å². The highest BCUT2D eigenvalue weighted by Crippen LogP contribution is 2.49. The fraction of sp³-hybridized carbons (Fsp3) is 0.316. The van der Waals surface area contributed by atoms with E-state index in [0.29, 0.717) is 36.4 Å². The summed E-state index contributed by atoms with van der Waals surface area (Å²) in [6.45, 7) is 0.829. The first kappa shape index (κ1) is 32.3. The summed E-state index contributed by atoms with van der Waals surface area (Å²) in [5.74, 6) is -0.616. The fourth-order valence-corrected chi connectivity index (χ4v) is 6.86. The number of piperidine rings is 1. The van der Waals surface area contributed by atoms with Gasteiger partial charge in [0.2, 0.25) is 5.91 Å². The van der Waals surface area contributed by atoms with E-state index >= 15 is 0 Å². The molecule has 4 aromatic rings.